The molecule has 1 atom stereocenters. The zero-order valence-corrected chi connectivity index (χ0v) is 10.1. The van der Waals surface area contributed by atoms with E-state index in [4.69, 9.17) is 23.2 Å². The Morgan fingerprint density at radius 1 is 1.33 bits per heavy atom. The number of likely N-dealkylation sites (tertiary alicyclic amines) is 1. The van der Waals surface area contributed by atoms with Crippen molar-refractivity contribution in [1.82, 2.24) is 4.90 Å². The third-order valence-electron chi connectivity index (χ3n) is 2.80. The highest BCUT2D eigenvalue weighted by Gasteiger charge is 2.18. The van der Waals surface area contributed by atoms with Crippen molar-refractivity contribution in [3.8, 4) is 0 Å². The highest BCUT2D eigenvalue weighted by atomic mass is 35.5. The first-order valence-electron chi connectivity index (χ1n) is 5.35. The third kappa shape index (κ3) is 3.10. The molecule has 0 spiro atoms. The summed E-state index contributed by atoms with van der Waals surface area (Å²) in [5.41, 5.74) is 1.20. The highest BCUT2D eigenvalue weighted by molar-refractivity contribution is 6.31. The van der Waals surface area contributed by atoms with E-state index in [1.165, 1.54) is 12.0 Å². The van der Waals surface area contributed by atoms with Crippen LogP contribution in [-0.2, 0) is 6.54 Å². The summed E-state index contributed by atoms with van der Waals surface area (Å²) >= 11 is 12.3. The molecule has 2 rings (SSSR count). The van der Waals surface area contributed by atoms with Gasteiger partial charge in [-0.3, -0.25) is 4.90 Å². The van der Waals surface area contributed by atoms with E-state index in [1.807, 2.05) is 18.2 Å². The Morgan fingerprint density at radius 2 is 2.13 bits per heavy atom. The number of alkyl halides is 1. The number of nitrogens with zero attached hydrogens (tertiary/aromatic N) is 1. The van der Waals surface area contributed by atoms with Gasteiger partial charge >= 0.3 is 0 Å². The Labute approximate surface area is 101 Å². The van der Waals surface area contributed by atoms with Gasteiger partial charge in [0.1, 0.15) is 0 Å². The van der Waals surface area contributed by atoms with Gasteiger partial charge in [0.2, 0.25) is 0 Å². The summed E-state index contributed by atoms with van der Waals surface area (Å²) < 4.78 is 0. The first kappa shape index (κ1) is 11.3. The molecule has 1 aliphatic heterocycles. The minimum absolute atomic E-state index is 0.307. The van der Waals surface area contributed by atoms with Crippen LogP contribution in [0.1, 0.15) is 18.4 Å². The van der Waals surface area contributed by atoms with Crippen molar-refractivity contribution < 1.29 is 0 Å². The van der Waals surface area contributed by atoms with Crippen LogP contribution >= 0.6 is 23.2 Å². The summed E-state index contributed by atoms with van der Waals surface area (Å²) in [6.07, 6.45) is 2.33. The van der Waals surface area contributed by atoms with E-state index in [-0.39, 0.29) is 0 Å². The number of halogens is 2. The lowest BCUT2D eigenvalue weighted by atomic mass is 10.1. The van der Waals surface area contributed by atoms with Gasteiger partial charge in [-0.05, 0) is 31.0 Å². The van der Waals surface area contributed by atoms with Crippen molar-refractivity contribution in [3.63, 3.8) is 0 Å². The Bertz CT molecular complexity index is 327. The Hall–Kier alpha value is -0.240. The van der Waals surface area contributed by atoms with Gasteiger partial charge < -0.3 is 0 Å². The predicted octanol–water partition coefficient (Wildman–Crippen LogP) is 3.54. The Balaban J connectivity index is 1.99. The molecule has 1 unspecified atom stereocenters. The maximum absolute atomic E-state index is 6.14. The second-order valence-corrected chi connectivity index (χ2v) is 5.09. The molecule has 0 aromatic heterocycles. The summed E-state index contributed by atoms with van der Waals surface area (Å²) in [5.74, 6) is 0. The van der Waals surface area contributed by atoms with Crippen LogP contribution < -0.4 is 0 Å². The van der Waals surface area contributed by atoms with Crippen LogP contribution in [0.2, 0.25) is 5.02 Å². The van der Waals surface area contributed by atoms with Crippen LogP contribution in [0, 0.1) is 0 Å². The second-order valence-electron chi connectivity index (χ2n) is 4.07. The van der Waals surface area contributed by atoms with E-state index < -0.39 is 0 Å². The molecule has 1 heterocycles. The molecular formula is C12H15Cl2N. The molecule has 0 N–H and O–H groups in total. The largest absolute Gasteiger partial charge is 0.298 e. The maximum atomic E-state index is 6.14. The van der Waals surface area contributed by atoms with Crippen LogP contribution in [0.5, 0.6) is 0 Å². The number of rotatable bonds is 2. The fourth-order valence-corrected chi connectivity index (χ4v) is 2.56. The van der Waals surface area contributed by atoms with Crippen LogP contribution in [0.4, 0.5) is 0 Å². The van der Waals surface area contributed by atoms with Gasteiger partial charge in [-0.1, -0.05) is 29.8 Å². The van der Waals surface area contributed by atoms with Crippen molar-refractivity contribution in [3.05, 3.63) is 34.9 Å². The maximum Gasteiger partial charge on any atom is 0.0463 e. The molecule has 1 saturated heterocycles. The van der Waals surface area contributed by atoms with Gasteiger partial charge in [0.15, 0.2) is 0 Å². The Kier molecular flexibility index (Phi) is 3.90. The zero-order chi connectivity index (χ0) is 10.7. The van der Waals surface area contributed by atoms with E-state index >= 15 is 0 Å². The van der Waals surface area contributed by atoms with Gasteiger partial charge in [0.05, 0.1) is 0 Å². The van der Waals surface area contributed by atoms with Gasteiger partial charge in [0, 0.05) is 23.5 Å². The van der Waals surface area contributed by atoms with Crippen molar-refractivity contribution in [2.24, 2.45) is 0 Å². The SMILES string of the molecule is Clc1ccccc1CN1CCCC(Cl)C1. The molecule has 3 heteroatoms. The topological polar surface area (TPSA) is 3.24 Å². The predicted molar refractivity (Wildman–Crippen MR) is 65.6 cm³/mol. The second kappa shape index (κ2) is 5.20. The van der Waals surface area contributed by atoms with Crippen LogP contribution in [0.3, 0.4) is 0 Å². The van der Waals surface area contributed by atoms with Gasteiger partial charge in [-0.15, -0.1) is 11.6 Å². The molecule has 1 nitrogen and oxygen atoms in total. The number of hydrogen-bond acceptors (Lipinski definition) is 1. The molecule has 0 bridgehead atoms. The molecule has 0 radical (unpaired) electrons. The molecule has 1 aliphatic rings. The highest BCUT2D eigenvalue weighted by Crippen LogP contribution is 2.21. The first-order chi connectivity index (χ1) is 7.25. The van der Waals surface area contributed by atoms with Gasteiger partial charge in [-0.2, -0.15) is 0 Å². The van der Waals surface area contributed by atoms with Gasteiger partial charge in [-0.25, -0.2) is 0 Å². The van der Waals surface area contributed by atoms with E-state index in [1.54, 1.807) is 0 Å². The third-order valence-corrected chi connectivity index (χ3v) is 3.52. The van der Waals surface area contributed by atoms with Crippen molar-refractivity contribution in [2.45, 2.75) is 24.8 Å². The fraction of sp³-hybridized carbons (Fsp3) is 0.500. The number of hydrogen-bond donors (Lipinski definition) is 0. The van der Waals surface area contributed by atoms with Crippen LogP contribution in [0.25, 0.3) is 0 Å². The van der Waals surface area contributed by atoms with E-state index in [0.29, 0.717) is 5.38 Å². The van der Waals surface area contributed by atoms with Crippen molar-refractivity contribution in [1.29, 1.82) is 0 Å². The minimum Gasteiger partial charge on any atom is -0.298 e. The minimum atomic E-state index is 0.307. The molecule has 0 aliphatic carbocycles. The lowest BCUT2D eigenvalue weighted by molar-refractivity contribution is 0.224. The average Bonchev–Trinajstić information content (AvgIpc) is 2.22. The lowest BCUT2D eigenvalue weighted by Crippen LogP contribution is -2.35. The number of piperidine rings is 1. The van der Waals surface area contributed by atoms with E-state index in [9.17, 15) is 0 Å². The van der Waals surface area contributed by atoms with E-state index in [0.717, 1.165) is 31.1 Å². The first-order valence-corrected chi connectivity index (χ1v) is 6.17. The monoisotopic (exact) mass is 243 g/mol. The summed E-state index contributed by atoms with van der Waals surface area (Å²) in [6, 6.07) is 8.02. The molecule has 1 aromatic rings. The zero-order valence-electron chi connectivity index (χ0n) is 8.63. The van der Waals surface area contributed by atoms with Crippen LogP contribution in [-0.4, -0.2) is 23.4 Å². The molecule has 0 saturated carbocycles. The standard InChI is InChI=1S/C12H15Cl2N/c13-11-5-3-7-15(9-11)8-10-4-1-2-6-12(10)14/h1-2,4,6,11H,3,5,7-9H2. The molecule has 15 heavy (non-hydrogen) atoms. The molecule has 0 amide bonds. The number of benzene rings is 1. The van der Waals surface area contributed by atoms with Gasteiger partial charge in [0.25, 0.3) is 0 Å². The lowest BCUT2D eigenvalue weighted by Gasteiger charge is -2.29. The summed E-state index contributed by atoms with van der Waals surface area (Å²) in [5, 5.41) is 1.16. The average molecular weight is 244 g/mol. The summed E-state index contributed by atoms with van der Waals surface area (Å²) in [4.78, 5) is 2.38. The smallest absolute Gasteiger partial charge is 0.0463 e. The normalized spacial score (nSPS) is 22.9. The quantitative estimate of drug-likeness (QED) is 0.719. The van der Waals surface area contributed by atoms with Crippen molar-refractivity contribution in [2.75, 3.05) is 13.1 Å². The fourth-order valence-electron chi connectivity index (χ4n) is 2.01. The molecule has 82 valence electrons. The van der Waals surface area contributed by atoms with Crippen molar-refractivity contribution >= 4 is 23.2 Å². The van der Waals surface area contributed by atoms with Crippen LogP contribution in [0.15, 0.2) is 24.3 Å². The summed E-state index contributed by atoms with van der Waals surface area (Å²) in [7, 11) is 0. The summed E-state index contributed by atoms with van der Waals surface area (Å²) in [6.45, 7) is 3.03. The van der Waals surface area contributed by atoms with E-state index in [2.05, 4.69) is 11.0 Å². The molecule has 1 fully saturated rings. The Morgan fingerprint density at radius 3 is 2.87 bits per heavy atom. The molecule has 1 aromatic carbocycles. The molecular weight excluding hydrogens is 229 g/mol.